The zero-order valence-electron chi connectivity index (χ0n) is 13.9. The van der Waals surface area contributed by atoms with E-state index >= 15 is 0 Å². The van der Waals surface area contributed by atoms with Gasteiger partial charge in [-0.2, -0.15) is 0 Å². The van der Waals surface area contributed by atoms with E-state index in [1.165, 1.54) is 11.1 Å². The van der Waals surface area contributed by atoms with Gasteiger partial charge in [0.05, 0.1) is 13.2 Å². The molecule has 0 saturated carbocycles. The van der Waals surface area contributed by atoms with Crippen molar-refractivity contribution < 1.29 is 9.53 Å². The Morgan fingerprint density at radius 3 is 2.32 bits per heavy atom. The molecule has 0 aromatic heterocycles. The average Bonchev–Trinajstić information content (AvgIpc) is 2.49. The maximum Gasteiger partial charge on any atom is 0.251 e. The summed E-state index contributed by atoms with van der Waals surface area (Å²) in [4.78, 5) is 12.4. The van der Waals surface area contributed by atoms with Gasteiger partial charge in [-0.15, -0.1) is 0 Å². The van der Waals surface area contributed by atoms with Crippen molar-refractivity contribution in [2.75, 3.05) is 7.11 Å². The molecule has 116 valence electrons. The molecule has 2 aromatic rings. The minimum atomic E-state index is -0.0727. The molecule has 0 saturated heterocycles. The first-order chi connectivity index (χ1) is 10.4. The van der Waals surface area contributed by atoms with Crippen LogP contribution in [0.1, 0.15) is 45.6 Å². The van der Waals surface area contributed by atoms with Gasteiger partial charge in [-0.3, -0.25) is 4.79 Å². The lowest BCUT2D eigenvalue weighted by atomic mass is 10.0. The van der Waals surface area contributed by atoms with Gasteiger partial charge >= 0.3 is 0 Å². The predicted molar refractivity (Wildman–Crippen MR) is 89.5 cm³/mol. The average molecular weight is 297 g/mol. The van der Waals surface area contributed by atoms with Crippen LogP contribution in [-0.4, -0.2) is 13.0 Å². The van der Waals surface area contributed by atoms with Crippen LogP contribution in [-0.2, 0) is 0 Å². The fourth-order valence-electron chi connectivity index (χ4n) is 2.42. The van der Waals surface area contributed by atoms with Gasteiger partial charge in [-0.05, 0) is 68.1 Å². The Hall–Kier alpha value is -2.29. The first-order valence-corrected chi connectivity index (χ1v) is 7.45. The maximum absolute atomic E-state index is 12.4. The molecule has 0 bridgehead atoms. The lowest BCUT2D eigenvalue weighted by Crippen LogP contribution is -2.26. The normalized spacial score (nSPS) is 11.9. The standard InChI is InChI=1S/C19H23NO2/c1-12-6-7-16(10-13(12)2)15(4)20-19(21)17-8-9-18(22-5)14(3)11-17/h6-11,15H,1-5H3,(H,20,21)/t15-/m0/s1. The molecule has 0 aliphatic carbocycles. The monoisotopic (exact) mass is 297 g/mol. The molecular weight excluding hydrogens is 274 g/mol. The number of hydrogen-bond acceptors (Lipinski definition) is 2. The van der Waals surface area contributed by atoms with E-state index in [4.69, 9.17) is 4.74 Å². The molecule has 1 N–H and O–H groups in total. The van der Waals surface area contributed by atoms with Crippen molar-refractivity contribution in [3.05, 3.63) is 64.2 Å². The molecule has 0 unspecified atom stereocenters. The van der Waals surface area contributed by atoms with Crippen molar-refractivity contribution in [2.45, 2.75) is 33.7 Å². The number of benzene rings is 2. The minimum absolute atomic E-state index is 0.0331. The summed E-state index contributed by atoms with van der Waals surface area (Å²) in [5.74, 6) is 0.718. The van der Waals surface area contributed by atoms with Crippen molar-refractivity contribution >= 4 is 5.91 Å². The summed E-state index contributed by atoms with van der Waals surface area (Å²) in [6, 6.07) is 11.7. The van der Waals surface area contributed by atoms with Crippen LogP contribution in [0.2, 0.25) is 0 Å². The highest BCUT2D eigenvalue weighted by molar-refractivity contribution is 5.94. The molecule has 3 nitrogen and oxygen atoms in total. The third-order valence-corrected chi connectivity index (χ3v) is 4.04. The van der Waals surface area contributed by atoms with Crippen molar-refractivity contribution in [3.63, 3.8) is 0 Å². The predicted octanol–water partition coefficient (Wildman–Crippen LogP) is 4.11. The molecule has 1 amide bonds. The van der Waals surface area contributed by atoms with Crippen LogP contribution in [0.25, 0.3) is 0 Å². The van der Waals surface area contributed by atoms with E-state index in [2.05, 4.69) is 37.4 Å². The minimum Gasteiger partial charge on any atom is -0.496 e. The number of amides is 1. The second-order valence-electron chi connectivity index (χ2n) is 5.72. The van der Waals surface area contributed by atoms with Gasteiger partial charge in [0.1, 0.15) is 5.75 Å². The van der Waals surface area contributed by atoms with E-state index in [-0.39, 0.29) is 11.9 Å². The molecule has 0 spiro atoms. The first kappa shape index (κ1) is 16.1. The number of hydrogen-bond donors (Lipinski definition) is 1. The van der Waals surface area contributed by atoms with Crippen LogP contribution in [0.15, 0.2) is 36.4 Å². The van der Waals surface area contributed by atoms with Crippen LogP contribution in [0, 0.1) is 20.8 Å². The Bertz CT molecular complexity index is 692. The molecule has 22 heavy (non-hydrogen) atoms. The van der Waals surface area contributed by atoms with Crippen LogP contribution < -0.4 is 10.1 Å². The Kier molecular flexibility index (Phi) is 4.86. The van der Waals surface area contributed by atoms with Gasteiger partial charge in [0.2, 0.25) is 0 Å². The van der Waals surface area contributed by atoms with E-state index in [0.29, 0.717) is 5.56 Å². The van der Waals surface area contributed by atoms with Crippen LogP contribution in [0.5, 0.6) is 5.75 Å². The van der Waals surface area contributed by atoms with Gasteiger partial charge in [0, 0.05) is 5.56 Å². The van der Waals surface area contributed by atoms with Crippen molar-refractivity contribution in [3.8, 4) is 5.75 Å². The summed E-state index contributed by atoms with van der Waals surface area (Å²) >= 11 is 0. The number of carbonyl (C=O) groups is 1. The van der Waals surface area contributed by atoms with E-state index in [9.17, 15) is 4.79 Å². The quantitative estimate of drug-likeness (QED) is 0.922. The third kappa shape index (κ3) is 3.48. The molecule has 1 atom stereocenters. The number of aryl methyl sites for hydroxylation is 3. The molecule has 0 aliphatic heterocycles. The van der Waals surface area contributed by atoms with E-state index in [1.54, 1.807) is 13.2 Å². The van der Waals surface area contributed by atoms with Gasteiger partial charge < -0.3 is 10.1 Å². The summed E-state index contributed by atoms with van der Waals surface area (Å²) < 4.78 is 5.22. The van der Waals surface area contributed by atoms with Crippen molar-refractivity contribution in [1.29, 1.82) is 0 Å². The lowest BCUT2D eigenvalue weighted by molar-refractivity contribution is 0.0939. The Morgan fingerprint density at radius 2 is 1.73 bits per heavy atom. The van der Waals surface area contributed by atoms with Gasteiger partial charge in [0.25, 0.3) is 5.91 Å². The van der Waals surface area contributed by atoms with Crippen molar-refractivity contribution in [1.82, 2.24) is 5.32 Å². The van der Waals surface area contributed by atoms with Gasteiger partial charge in [0.15, 0.2) is 0 Å². The molecule has 0 radical (unpaired) electrons. The van der Waals surface area contributed by atoms with Crippen LogP contribution >= 0.6 is 0 Å². The highest BCUT2D eigenvalue weighted by Crippen LogP contribution is 2.20. The summed E-state index contributed by atoms with van der Waals surface area (Å²) in [6.07, 6.45) is 0. The largest absolute Gasteiger partial charge is 0.496 e. The van der Waals surface area contributed by atoms with Crippen LogP contribution in [0.4, 0.5) is 0 Å². The number of methoxy groups -OCH3 is 1. The summed E-state index contributed by atoms with van der Waals surface area (Å²) in [5.41, 5.74) is 5.21. The van der Waals surface area contributed by atoms with Gasteiger partial charge in [-0.1, -0.05) is 18.2 Å². The number of ether oxygens (including phenoxy) is 1. The number of rotatable bonds is 4. The summed E-state index contributed by atoms with van der Waals surface area (Å²) in [6.45, 7) is 8.10. The summed E-state index contributed by atoms with van der Waals surface area (Å²) in [5, 5.41) is 3.04. The highest BCUT2D eigenvalue weighted by Gasteiger charge is 2.13. The SMILES string of the molecule is COc1ccc(C(=O)N[C@@H](C)c2ccc(C)c(C)c2)cc1C. The van der Waals surface area contributed by atoms with Crippen molar-refractivity contribution in [2.24, 2.45) is 0 Å². The number of nitrogens with one attached hydrogen (secondary N) is 1. The Morgan fingerprint density at radius 1 is 1.00 bits per heavy atom. The zero-order valence-corrected chi connectivity index (χ0v) is 13.9. The van der Waals surface area contributed by atoms with Crippen LogP contribution in [0.3, 0.4) is 0 Å². The molecule has 2 aromatic carbocycles. The summed E-state index contributed by atoms with van der Waals surface area (Å²) in [7, 11) is 1.63. The molecule has 3 heteroatoms. The second-order valence-corrected chi connectivity index (χ2v) is 5.72. The van der Waals surface area contributed by atoms with E-state index in [0.717, 1.165) is 16.9 Å². The lowest BCUT2D eigenvalue weighted by Gasteiger charge is -2.16. The highest BCUT2D eigenvalue weighted by atomic mass is 16.5. The first-order valence-electron chi connectivity index (χ1n) is 7.45. The fourth-order valence-corrected chi connectivity index (χ4v) is 2.42. The molecular formula is C19H23NO2. The molecule has 2 rings (SSSR count). The maximum atomic E-state index is 12.4. The molecule has 0 aliphatic rings. The second kappa shape index (κ2) is 6.65. The smallest absolute Gasteiger partial charge is 0.251 e. The zero-order chi connectivity index (χ0) is 16.3. The van der Waals surface area contributed by atoms with E-state index in [1.807, 2.05) is 26.0 Å². The third-order valence-electron chi connectivity index (χ3n) is 4.04. The molecule has 0 heterocycles. The van der Waals surface area contributed by atoms with E-state index < -0.39 is 0 Å². The Balaban J connectivity index is 2.13. The number of carbonyl (C=O) groups excluding carboxylic acids is 1. The Labute approximate surface area is 132 Å². The fraction of sp³-hybridized carbons (Fsp3) is 0.316. The molecule has 0 fully saturated rings. The topological polar surface area (TPSA) is 38.3 Å². The van der Waals surface area contributed by atoms with Gasteiger partial charge in [-0.25, -0.2) is 0 Å².